The van der Waals surface area contributed by atoms with Gasteiger partial charge in [-0.05, 0) is 27.3 Å². The van der Waals surface area contributed by atoms with Crippen molar-refractivity contribution in [2.24, 2.45) is 0 Å². The molecule has 1 unspecified atom stereocenters. The average Bonchev–Trinajstić information content (AvgIpc) is 2.46. The Labute approximate surface area is 131 Å². The third kappa shape index (κ3) is 2.30. The van der Waals surface area contributed by atoms with Crippen molar-refractivity contribution in [3.8, 4) is 0 Å². The minimum atomic E-state index is -0.475. The first kappa shape index (κ1) is 15.4. The number of fused-ring (bicyclic) bond motifs is 2. The van der Waals surface area contributed by atoms with E-state index >= 15 is 0 Å². The van der Waals surface area contributed by atoms with E-state index in [1.807, 2.05) is 25.1 Å². The first-order valence-corrected chi connectivity index (χ1v) is 7.79. The molecule has 0 aromatic carbocycles. The van der Waals surface area contributed by atoms with Crippen molar-refractivity contribution in [2.75, 3.05) is 33.9 Å². The van der Waals surface area contributed by atoms with E-state index in [9.17, 15) is 4.79 Å². The Morgan fingerprint density at radius 3 is 2.82 bits per heavy atom. The molecule has 3 heterocycles. The number of likely N-dealkylation sites (tertiary alicyclic amines) is 1. The Morgan fingerprint density at radius 2 is 2.18 bits per heavy atom. The van der Waals surface area contributed by atoms with Crippen molar-refractivity contribution in [1.82, 2.24) is 19.8 Å². The van der Waals surface area contributed by atoms with Crippen LogP contribution in [0.2, 0.25) is 0 Å². The highest BCUT2D eigenvalue weighted by Crippen LogP contribution is 2.41. The number of amides is 1. The molecule has 0 aliphatic carbocycles. The number of aryl methyl sites for hydroxylation is 1. The SMILES string of the molecule is COCCC(C)N1Cc2cnc(C)nc2C2(CN(C)C2)C1=O. The summed E-state index contributed by atoms with van der Waals surface area (Å²) in [5.41, 5.74) is 1.55. The molecule has 1 saturated heterocycles. The summed E-state index contributed by atoms with van der Waals surface area (Å²) in [7, 11) is 3.73. The number of ether oxygens (including phenoxy) is 1. The third-order valence-electron chi connectivity index (χ3n) is 4.80. The molecule has 2 aliphatic heterocycles. The fraction of sp³-hybridized carbons (Fsp3) is 0.688. The van der Waals surface area contributed by atoms with Crippen LogP contribution in [0, 0.1) is 6.92 Å². The Kier molecular flexibility index (Phi) is 3.91. The fourth-order valence-corrected chi connectivity index (χ4v) is 3.62. The first-order chi connectivity index (χ1) is 10.5. The molecule has 0 bridgehead atoms. The molecule has 120 valence electrons. The number of rotatable bonds is 4. The van der Waals surface area contributed by atoms with Gasteiger partial charge in [0.2, 0.25) is 5.91 Å². The summed E-state index contributed by atoms with van der Waals surface area (Å²) in [6.45, 7) is 6.72. The summed E-state index contributed by atoms with van der Waals surface area (Å²) in [4.78, 5) is 26.2. The van der Waals surface area contributed by atoms with Gasteiger partial charge in [0, 0.05) is 51.2 Å². The highest BCUT2D eigenvalue weighted by molar-refractivity contribution is 5.91. The molecular formula is C16H24N4O2. The van der Waals surface area contributed by atoms with Gasteiger partial charge in [-0.2, -0.15) is 0 Å². The van der Waals surface area contributed by atoms with Crippen LogP contribution < -0.4 is 0 Å². The quantitative estimate of drug-likeness (QED) is 0.821. The van der Waals surface area contributed by atoms with Crippen LogP contribution >= 0.6 is 0 Å². The van der Waals surface area contributed by atoms with Gasteiger partial charge < -0.3 is 14.5 Å². The van der Waals surface area contributed by atoms with E-state index in [2.05, 4.69) is 21.8 Å². The molecule has 0 N–H and O–H groups in total. The second kappa shape index (κ2) is 5.59. The largest absolute Gasteiger partial charge is 0.385 e. The molecular weight excluding hydrogens is 280 g/mol. The van der Waals surface area contributed by atoms with Crippen LogP contribution in [-0.4, -0.2) is 65.6 Å². The Bertz CT molecular complexity index is 584. The highest BCUT2D eigenvalue weighted by atomic mass is 16.5. The van der Waals surface area contributed by atoms with E-state index < -0.39 is 5.41 Å². The van der Waals surface area contributed by atoms with E-state index in [0.717, 1.165) is 36.6 Å². The number of carbonyl (C=O) groups is 1. The molecule has 1 spiro atoms. The first-order valence-electron chi connectivity index (χ1n) is 7.79. The number of likely N-dealkylation sites (N-methyl/N-ethyl adjacent to an activating group) is 1. The summed E-state index contributed by atoms with van der Waals surface area (Å²) in [5, 5.41) is 0. The molecule has 3 rings (SSSR count). The zero-order chi connectivity index (χ0) is 15.9. The lowest BCUT2D eigenvalue weighted by Crippen LogP contribution is -2.68. The van der Waals surface area contributed by atoms with Crippen molar-refractivity contribution < 1.29 is 9.53 Å². The average molecular weight is 304 g/mol. The molecule has 1 atom stereocenters. The van der Waals surface area contributed by atoms with E-state index in [0.29, 0.717) is 13.2 Å². The lowest BCUT2D eigenvalue weighted by molar-refractivity contribution is -0.149. The highest BCUT2D eigenvalue weighted by Gasteiger charge is 2.56. The van der Waals surface area contributed by atoms with Crippen molar-refractivity contribution in [2.45, 2.75) is 38.3 Å². The van der Waals surface area contributed by atoms with Crippen molar-refractivity contribution in [1.29, 1.82) is 0 Å². The van der Waals surface area contributed by atoms with Gasteiger partial charge in [-0.1, -0.05) is 0 Å². The van der Waals surface area contributed by atoms with E-state index in [1.165, 1.54) is 0 Å². The molecule has 6 nitrogen and oxygen atoms in total. The molecule has 1 fully saturated rings. The normalized spacial score (nSPS) is 21.6. The molecule has 2 aliphatic rings. The van der Waals surface area contributed by atoms with Crippen molar-refractivity contribution >= 4 is 5.91 Å². The lowest BCUT2D eigenvalue weighted by Gasteiger charge is -2.52. The number of hydrogen-bond acceptors (Lipinski definition) is 5. The fourth-order valence-electron chi connectivity index (χ4n) is 3.62. The van der Waals surface area contributed by atoms with Crippen LogP contribution in [-0.2, 0) is 21.5 Å². The Hall–Kier alpha value is -1.53. The number of aromatic nitrogens is 2. The van der Waals surface area contributed by atoms with Crippen LogP contribution in [0.4, 0.5) is 0 Å². The summed E-state index contributed by atoms with van der Waals surface area (Å²) in [5.74, 6) is 0.946. The maximum absolute atomic E-state index is 13.2. The molecule has 0 saturated carbocycles. The van der Waals surface area contributed by atoms with E-state index in [-0.39, 0.29) is 11.9 Å². The van der Waals surface area contributed by atoms with Crippen molar-refractivity contribution in [3.63, 3.8) is 0 Å². The number of nitrogens with zero attached hydrogens (tertiary/aromatic N) is 4. The third-order valence-corrected chi connectivity index (χ3v) is 4.80. The van der Waals surface area contributed by atoms with E-state index in [4.69, 9.17) is 4.74 Å². The summed E-state index contributed by atoms with van der Waals surface area (Å²) in [6.07, 6.45) is 2.73. The molecule has 6 heteroatoms. The maximum Gasteiger partial charge on any atom is 0.238 e. The number of hydrogen-bond donors (Lipinski definition) is 0. The van der Waals surface area contributed by atoms with Gasteiger partial charge in [0.15, 0.2) is 0 Å². The zero-order valence-corrected chi connectivity index (χ0v) is 13.8. The van der Waals surface area contributed by atoms with E-state index in [1.54, 1.807) is 7.11 Å². The minimum absolute atomic E-state index is 0.157. The van der Waals surface area contributed by atoms with Crippen LogP contribution in [0.1, 0.15) is 30.4 Å². The Morgan fingerprint density at radius 1 is 1.45 bits per heavy atom. The van der Waals surface area contributed by atoms with Gasteiger partial charge in [0.05, 0.1) is 5.69 Å². The second-order valence-electron chi connectivity index (χ2n) is 6.61. The Balaban J connectivity index is 1.96. The van der Waals surface area contributed by atoms with Gasteiger partial charge in [0.25, 0.3) is 0 Å². The number of carbonyl (C=O) groups excluding carboxylic acids is 1. The van der Waals surface area contributed by atoms with Crippen LogP contribution in [0.15, 0.2) is 6.20 Å². The topological polar surface area (TPSA) is 58.6 Å². The summed E-state index contributed by atoms with van der Waals surface area (Å²) < 4.78 is 5.16. The van der Waals surface area contributed by atoms with Gasteiger partial charge in [-0.25, -0.2) is 9.97 Å². The van der Waals surface area contributed by atoms with Gasteiger partial charge >= 0.3 is 0 Å². The second-order valence-corrected chi connectivity index (χ2v) is 6.61. The van der Waals surface area contributed by atoms with Crippen LogP contribution in [0.5, 0.6) is 0 Å². The zero-order valence-electron chi connectivity index (χ0n) is 13.8. The van der Waals surface area contributed by atoms with Crippen molar-refractivity contribution in [3.05, 3.63) is 23.3 Å². The molecule has 1 aromatic rings. The lowest BCUT2D eigenvalue weighted by atomic mass is 9.71. The predicted molar refractivity (Wildman–Crippen MR) is 82.4 cm³/mol. The number of methoxy groups -OCH3 is 1. The van der Waals surface area contributed by atoms with Gasteiger partial charge in [0.1, 0.15) is 11.2 Å². The summed E-state index contributed by atoms with van der Waals surface area (Å²) >= 11 is 0. The predicted octanol–water partition coefficient (Wildman–Crippen LogP) is 0.735. The minimum Gasteiger partial charge on any atom is -0.385 e. The molecule has 22 heavy (non-hydrogen) atoms. The molecule has 1 amide bonds. The van der Waals surface area contributed by atoms with Crippen LogP contribution in [0.25, 0.3) is 0 Å². The van der Waals surface area contributed by atoms with Crippen LogP contribution in [0.3, 0.4) is 0 Å². The maximum atomic E-state index is 13.2. The smallest absolute Gasteiger partial charge is 0.238 e. The summed E-state index contributed by atoms with van der Waals surface area (Å²) in [6, 6.07) is 0.157. The van der Waals surface area contributed by atoms with Gasteiger partial charge in [-0.15, -0.1) is 0 Å². The molecule has 1 aromatic heterocycles. The molecule has 0 radical (unpaired) electrons. The monoisotopic (exact) mass is 304 g/mol. The standard InChI is InChI=1S/C16H24N4O2/c1-11(5-6-22-4)20-8-13-7-17-12(2)18-14(13)16(15(20)21)9-19(3)10-16/h7,11H,5-6,8-10H2,1-4H3. The van der Waals surface area contributed by atoms with Gasteiger partial charge in [-0.3, -0.25) is 4.79 Å².